The van der Waals surface area contributed by atoms with E-state index in [0.29, 0.717) is 11.7 Å². The quantitative estimate of drug-likeness (QED) is 0.624. The summed E-state index contributed by atoms with van der Waals surface area (Å²) in [6.45, 7) is 0.897. The molecule has 0 bridgehead atoms. The molecular weight excluding hydrogens is 232 g/mol. The fourth-order valence-electron chi connectivity index (χ4n) is 2.01. The van der Waals surface area contributed by atoms with E-state index in [-0.39, 0.29) is 5.84 Å². The Hall–Kier alpha value is -1.07. The van der Waals surface area contributed by atoms with Crippen LogP contribution < -0.4 is 5.73 Å². The van der Waals surface area contributed by atoms with Gasteiger partial charge in [-0.25, -0.2) is 0 Å². The Labute approximate surface area is 106 Å². The third kappa shape index (κ3) is 3.20. The van der Waals surface area contributed by atoms with Crippen molar-refractivity contribution in [3.05, 3.63) is 29.6 Å². The van der Waals surface area contributed by atoms with E-state index in [1.807, 2.05) is 23.9 Å². The second-order valence-corrected chi connectivity index (χ2v) is 5.55. The Morgan fingerprint density at radius 3 is 3.18 bits per heavy atom. The average Bonchev–Trinajstić information content (AvgIpc) is 2.82. The van der Waals surface area contributed by atoms with Crippen LogP contribution in [0.5, 0.6) is 0 Å². The van der Waals surface area contributed by atoms with E-state index in [1.54, 1.807) is 6.20 Å². The predicted molar refractivity (Wildman–Crippen MR) is 72.5 cm³/mol. The number of nitrogen functional groups attached to an aromatic ring is 1. The fraction of sp³-hybridized carbons (Fsp3) is 0.500. The highest BCUT2D eigenvalue weighted by atomic mass is 32.2. The molecule has 1 aliphatic heterocycles. The zero-order valence-electron chi connectivity index (χ0n) is 10.0. The average molecular weight is 250 g/mol. The molecule has 0 saturated carbocycles. The summed E-state index contributed by atoms with van der Waals surface area (Å²) < 4.78 is 0. The number of pyridine rings is 1. The highest BCUT2D eigenvalue weighted by Crippen LogP contribution is 2.22. The first-order valence-electron chi connectivity index (χ1n) is 5.74. The lowest BCUT2D eigenvalue weighted by Crippen LogP contribution is -2.31. The summed E-state index contributed by atoms with van der Waals surface area (Å²) in [7, 11) is 2.16. The van der Waals surface area contributed by atoms with Crippen LogP contribution in [0.2, 0.25) is 0 Å². The summed E-state index contributed by atoms with van der Waals surface area (Å²) >= 11 is 2.02. The molecule has 0 aromatic carbocycles. The highest BCUT2D eigenvalue weighted by molar-refractivity contribution is 7.99. The SMILES string of the molecule is CN(Cc1ccnc(C(=N)N)c1)C1CCSC1. The number of hydrogen-bond acceptors (Lipinski definition) is 4. The molecule has 1 fully saturated rings. The van der Waals surface area contributed by atoms with Gasteiger partial charge in [0, 0.05) is 24.5 Å². The number of nitrogens with zero attached hydrogens (tertiary/aromatic N) is 2. The summed E-state index contributed by atoms with van der Waals surface area (Å²) in [6.07, 6.45) is 3.00. The van der Waals surface area contributed by atoms with E-state index in [9.17, 15) is 0 Å². The Morgan fingerprint density at radius 1 is 1.71 bits per heavy atom. The van der Waals surface area contributed by atoms with Crippen LogP contribution in [-0.2, 0) is 6.54 Å². The van der Waals surface area contributed by atoms with Crippen molar-refractivity contribution in [2.24, 2.45) is 5.73 Å². The van der Waals surface area contributed by atoms with Crippen LogP contribution in [0.4, 0.5) is 0 Å². The van der Waals surface area contributed by atoms with Gasteiger partial charge < -0.3 is 5.73 Å². The van der Waals surface area contributed by atoms with Crippen LogP contribution in [0.3, 0.4) is 0 Å². The first kappa shape index (κ1) is 12.4. The molecule has 0 amide bonds. The minimum absolute atomic E-state index is 0.0333. The Balaban J connectivity index is 2.02. The molecule has 0 spiro atoms. The summed E-state index contributed by atoms with van der Waals surface area (Å²) in [5, 5.41) is 7.38. The number of nitrogens with one attached hydrogen (secondary N) is 1. The third-order valence-electron chi connectivity index (χ3n) is 3.06. The summed E-state index contributed by atoms with van der Waals surface area (Å²) in [6, 6.07) is 4.57. The molecule has 1 atom stereocenters. The van der Waals surface area contributed by atoms with Crippen LogP contribution in [0.1, 0.15) is 17.7 Å². The monoisotopic (exact) mass is 250 g/mol. The van der Waals surface area contributed by atoms with Crippen molar-refractivity contribution < 1.29 is 0 Å². The lowest BCUT2D eigenvalue weighted by molar-refractivity contribution is 0.254. The molecule has 2 rings (SSSR count). The zero-order chi connectivity index (χ0) is 12.3. The number of amidine groups is 1. The second-order valence-electron chi connectivity index (χ2n) is 4.40. The summed E-state index contributed by atoms with van der Waals surface area (Å²) in [5.74, 6) is 2.52. The van der Waals surface area contributed by atoms with Gasteiger partial charge in [-0.05, 0) is 36.9 Å². The normalized spacial score (nSPS) is 19.8. The molecule has 92 valence electrons. The highest BCUT2D eigenvalue weighted by Gasteiger charge is 2.19. The molecule has 1 aliphatic rings. The maximum absolute atomic E-state index is 7.38. The Morgan fingerprint density at radius 2 is 2.53 bits per heavy atom. The molecule has 0 radical (unpaired) electrons. The van der Waals surface area contributed by atoms with Gasteiger partial charge in [0.15, 0.2) is 0 Å². The van der Waals surface area contributed by atoms with Crippen molar-refractivity contribution >= 4 is 17.6 Å². The van der Waals surface area contributed by atoms with Gasteiger partial charge in [0.05, 0.1) is 0 Å². The number of aromatic nitrogens is 1. The topological polar surface area (TPSA) is 66.0 Å². The van der Waals surface area contributed by atoms with E-state index in [1.165, 1.54) is 23.5 Å². The molecule has 4 nitrogen and oxygen atoms in total. The fourth-order valence-corrected chi connectivity index (χ4v) is 3.31. The maximum atomic E-state index is 7.38. The van der Waals surface area contributed by atoms with Gasteiger partial charge in [0.1, 0.15) is 11.5 Å². The van der Waals surface area contributed by atoms with Gasteiger partial charge in [-0.2, -0.15) is 11.8 Å². The molecular formula is C12H18N4S. The van der Waals surface area contributed by atoms with Crippen molar-refractivity contribution in [3.8, 4) is 0 Å². The molecule has 0 aliphatic carbocycles. The van der Waals surface area contributed by atoms with Crippen molar-refractivity contribution in [2.75, 3.05) is 18.6 Å². The van der Waals surface area contributed by atoms with E-state index in [2.05, 4.69) is 16.9 Å². The standard InChI is InChI=1S/C12H18N4S/c1-16(10-3-5-17-8-10)7-9-2-4-15-11(6-9)12(13)14/h2,4,6,10H,3,5,7-8H2,1H3,(H3,13,14). The summed E-state index contributed by atoms with van der Waals surface area (Å²) in [5.41, 5.74) is 7.18. The first-order valence-corrected chi connectivity index (χ1v) is 6.89. The predicted octanol–water partition coefficient (Wildman–Crippen LogP) is 1.30. The van der Waals surface area contributed by atoms with E-state index >= 15 is 0 Å². The van der Waals surface area contributed by atoms with Gasteiger partial charge in [-0.3, -0.25) is 15.3 Å². The lowest BCUT2D eigenvalue weighted by atomic mass is 10.1. The maximum Gasteiger partial charge on any atom is 0.141 e. The van der Waals surface area contributed by atoms with Crippen LogP contribution in [-0.4, -0.2) is 40.3 Å². The van der Waals surface area contributed by atoms with Crippen LogP contribution in [0.25, 0.3) is 0 Å². The van der Waals surface area contributed by atoms with E-state index in [0.717, 1.165) is 6.54 Å². The van der Waals surface area contributed by atoms with Gasteiger partial charge in [-0.15, -0.1) is 0 Å². The minimum atomic E-state index is 0.0333. The van der Waals surface area contributed by atoms with E-state index < -0.39 is 0 Å². The van der Waals surface area contributed by atoms with Gasteiger partial charge in [0.25, 0.3) is 0 Å². The van der Waals surface area contributed by atoms with Crippen LogP contribution in [0, 0.1) is 5.41 Å². The third-order valence-corrected chi connectivity index (χ3v) is 4.21. The second kappa shape index (κ2) is 5.51. The van der Waals surface area contributed by atoms with Crippen LogP contribution in [0.15, 0.2) is 18.3 Å². The van der Waals surface area contributed by atoms with Gasteiger partial charge in [0.2, 0.25) is 0 Å². The van der Waals surface area contributed by atoms with Crippen LogP contribution >= 0.6 is 11.8 Å². The van der Waals surface area contributed by atoms with E-state index in [4.69, 9.17) is 11.1 Å². The molecule has 3 N–H and O–H groups in total. The largest absolute Gasteiger partial charge is 0.382 e. The number of nitrogens with two attached hydrogens (primary N) is 1. The molecule has 1 aromatic rings. The molecule has 1 unspecified atom stereocenters. The van der Waals surface area contributed by atoms with Crippen molar-refractivity contribution in [2.45, 2.75) is 19.0 Å². The smallest absolute Gasteiger partial charge is 0.141 e. The molecule has 1 aromatic heterocycles. The number of hydrogen-bond donors (Lipinski definition) is 2. The van der Waals surface area contributed by atoms with Crippen molar-refractivity contribution in [3.63, 3.8) is 0 Å². The van der Waals surface area contributed by atoms with Crippen molar-refractivity contribution in [1.82, 2.24) is 9.88 Å². The summed E-state index contributed by atoms with van der Waals surface area (Å²) in [4.78, 5) is 6.45. The molecule has 1 saturated heterocycles. The van der Waals surface area contributed by atoms with Gasteiger partial charge >= 0.3 is 0 Å². The Bertz CT molecular complexity index is 401. The molecule has 2 heterocycles. The van der Waals surface area contributed by atoms with Crippen molar-refractivity contribution in [1.29, 1.82) is 5.41 Å². The first-order chi connectivity index (χ1) is 8.16. The Kier molecular flexibility index (Phi) is 4.02. The zero-order valence-corrected chi connectivity index (χ0v) is 10.8. The number of rotatable bonds is 4. The molecule has 5 heteroatoms. The lowest BCUT2D eigenvalue weighted by Gasteiger charge is -2.23. The number of thioether (sulfide) groups is 1. The van der Waals surface area contributed by atoms with Gasteiger partial charge in [-0.1, -0.05) is 0 Å². The minimum Gasteiger partial charge on any atom is -0.382 e. The molecule has 17 heavy (non-hydrogen) atoms.